The molecule has 2 rings (SSSR count). The van der Waals surface area contributed by atoms with E-state index in [-0.39, 0.29) is 12.5 Å². The monoisotopic (exact) mass is 277 g/mol. The third-order valence-corrected chi connectivity index (χ3v) is 3.56. The fourth-order valence-corrected chi connectivity index (χ4v) is 2.12. The zero-order chi connectivity index (χ0) is 14.2. The van der Waals surface area contributed by atoms with E-state index in [1.54, 1.807) is 32.0 Å². The Hall–Kier alpha value is -2.06. The first-order chi connectivity index (χ1) is 8.86. The highest BCUT2D eigenvalue weighted by molar-refractivity contribution is 6.31. The van der Waals surface area contributed by atoms with Crippen LogP contribution in [-0.4, -0.2) is 22.4 Å². The summed E-state index contributed by atoms with van der Waals surface area (Å²) in [6.45, 7) is 3.56. The molecule has 0 unspecified atom stereocenters. The van der Waals surface area contributed by atoms with E-state index in [9.17, 15) is 9.59 Å². The number of halogens is 1. The summed E-state index contributed by atoms with van der Waals surface area (Å²) in [6, 6.07) is 6.41. The van der Waals surface area contributed by atoms with Gasteiger partial charge in [-0.1, -0.05) is 17.7 Å². The van der Waals surface area contributed by atoms with E-state index in [1.165, 1.54) is 4.90 Å². The van der Waals surface area contributed by atoms with E-state index >= 15 is 0 Å². The Morgan fingerprint density at radius 3 is 2.58 bits per heavy atom. The predicted molar refractivity (Wildman–Crippen MR) is 69.3 cm³/mol. The summed E-state index contributed by atoms with van der Waals surface area (Å²) in [5.41, 5.74) is 0.238. The molecule has 1 aliphatic rings. The Morgan fingerprint density at radius 2 is 2.11 bits per heavy atom. The number of hydrogen-bond donors (Lipinski definition) is 1. The molecule has 98 valence electrons. The van der Waals surface area contributed by atoms with Crippen LogP contribution in [0.1, 0.15) is 25.0 Å². The van der Waals surface area contributed by atoms with Gasteiger partial charge in [0.15, 0.2) is 0 Å². The van der Waals surface area contributed by atoms with Crippen LogP contribution in [0.2, 0.25) is 5.02 Å². The molecular formula is C13H12ClN3O2. The van der Waals surface area contributed by atoms with Crippen molar-refractivity contribution in [2.75, 3.05) is 0 Å². The third-order valence-electron chi connectivity index (χ3n) is 3.21. The molecule has 1 aromatic rings. The van der Waals surface area contributed by atoms with Gasteiger partial charge < -0.3 is 4.90 Å². The Bertz CT molecular complexity index is 604. The number of rotatable bonds is 2. The van der Waals surface area contributed by atoms with Crippen molar-refractivity contribution in [1.29, 1.82) is 5.26 Å². The van der Waals surface area contributed by atoms with E-state index in [0.29, 0.717) is 16.1 Å². The summed E-state index contributed by atoms with van der Waals surface area (Å²) < 4.78 is 0. The first-order valence-electron chi connectivity index (χ1n) is 5.68. The lowest BCUT2D eigenvalue weighted by Gasteiger charge is -2.28. The van der Waals surface area contributed by atoms with E-state index in [2.05, 4.69) is 5.32 Å². The second-order valence-corrected chi connectivity index (χ2v) is 5.23. The smallest absolute Gasteiger partial charge is 0.306 e. The van der Waals surface area contributed by atoms with E-state index in [4.69, 9.17) is 16.9 Å². The van der Waals surface area contributed by atoms with Crippen LogP contribution in [0.3, 0.4) is 0 Å². The van der Waals surface area contributed by atoms with Gasteiger partial charge in [-0.05, 0) is 31.5 Å². The van der Waals surface area contributed by atoms with Crippen molar-refractivity contribution in [2.24, 2.45) is 0 Å². The van der Waals surface area contributed by atoms with Crippen molar-refractivity contribution < 1.29 is 9.59 Å². The molecule has 1 aromatic carbocycles. The number of nitrogens with zero attached hydrogens (tertiary/aromatic N) is 2. The predicted octanol–water partition coefficient (Wildman–Crippen LogP) is 2.04. The fraction of sp³-hybridized carbons (Fsp3) is 0.308. The molecule has 1 saturated heterocycles. The number of carbonyl (C=O) groups excluding carboxylic acids is 2. The second-order valence-electron chi connectivity index (χ2n) is 4.82. The molecule has 1 N–H and O–H groups in total. The van der Waals surface area contributed by atoms with E-state index in [0.717, 1.165) is 0 Å². The molecule has 1 fully saturated rings. The number of carbonyl (C=O) groups is 2. The van der Waals surface area contributed by atoms with E-state index < -0.39 is 11.6 Å². The molecule has 6 heteroatoms. The van der Waals surface area contributed by atoms with Crippen molar-refractivity contribution in [3.8, 4) is 6.07 Å². The van der Waals surface area contributed by atoms with Crippen LogP contribution in [-0.2, 0) is 11.3 Å². The van der Waals surface area contributed by atoms with Gasteiger partial charge in [0.2, 0.25) is 0 Å². The number of nitriles is 1. The van der Waals surface area contributed by atoms with Gasteiger partial charge in [0.05, 0.1) is 11.6 Å². The fourth-order valence-electron chi connectivity index (χ4n) is 1.88. The minimum atomic E-state index is -0.908. The molecule has 0 bridgehead atoms. The van der Waals surface area contributed by atoms with Crippen LogP contribution in [0, 0.1) is 11.3 Å². The van der Waals surface area contributed by atoms with Crippen molar-refractivity contribution in [2.45, 2.75) is 25.9 Å². The highest BCUT2D eigenvalue weighted by Crippen LogP contribution is 2.26. The van der Waals surface area contributed by atoms with Crippen LogP contribution in [0.15, 0.2) is 18.2 Å². The minimum absolute atomic E-state index is 0.217. The Balaban J connectivity index is 2.29. The number of benzene rings is 1. The highest BCUT2D eigenvalue weighted by Gasteiger charge is 2.45. The van der Waals surface area contributed by atoms with Gasteiger partial charge in [0, 0.05) is 11.6 Å². The number of amides is 3. The molecule has 1 heterocycles. The van der Waals surface area contributed by atoms with Gasteiger partial charge in [-0.25, -0.2) is 4.79 Å². The lowest BCUT2D eigenvalue weighted by atomic mass is 10.0. The number of urea groups is 1. The first kappa shape index (κ1) is 13.4. The topological polar surface area (TPSA) is 73.2 Å². The summed E-state index contributed by atoms with van der Waals surface area (Å²) in [7, 11) is 0. The number of hydrogen-bond acceptors (Lipinski definition) is 3. The van der Waals surface area contributed by atoms with Gasteiger partial charge in [0.25, 0.3) is 5.91 Å². The van der Waals surface area contributed by atoms with Gasteiger partial charge in [0.1, 0.15) is 5.54 Å². The van der Waals surface area contributed by atoms with Crippen molar-refractivity contribution in [3.05, 3.63) is 34.3 Å². The average molecular weight is 278 g/mol. The Kier molecular flexibility index (Phi) is 3.21. The quantitative estimate of drug-likeness (QED) is 0.841. The van der Waals surface area contributed by atoms with Gasteiger partial charge in [-0.2, -0.15) is 5.26 Å². The van der Waals surface area contributed by atoms with Gasteiger partial charge in [-0.15, -0.1) is 0 Å². The summed E-state index contributed by atoms with van der Waals surface area (Å²) in [6.07, 6.45) is 0. The average Bonchev–Trinajstić information content (AvgIpc) is 2.54. The van der Waals surface area contributed by atoms with Gasteiger partial charge >= 0.3 is 6.03 Å². The zero-order valence-corrected chi connectivity index (χ0v) is 11.3. The number of imide groups is 1. The molecule has 0 aliphatic carbocycles. The van der Waals surface area contributed by atoms with Crippen molar-refractivity contribution >= 4 is 23.5 Å². The molecule has 0 aromatic heterocycles. The molecule has 3 amide bonds. The van der Waals surface area contributed by atoms with Crippen LogP contribution in [0.4, 0.5) is 4.79 Å². The molecular weight excluding hydrogens is 266 g/mol. The van der Waals surface area contributed by atoms with Gasteiger partial charge in [-0.3, -0.25) is 10.1 Å². The summed E-state index contributed by atoms with van der Waals surface area (Å²) >= 11 is 6.07. The number of nitrogens with one attached hydrogen (secondary N) is 1. The van der Waals surface area contributed by atoms with Crippen LogP contribution in [0.5, 0.6) is 0 Å². The second kappa shape index (κ2) is 4.56. The lowest BCUT2D eigenvalue weighted by molar-refractivity contribution is -0.125. The van der Waals surface area contributed by atoms with Crippen molar-refractivity contribution in [3.63, 3.8) is 0 Å². The van der Waals surface area contributed by atoms with Crippen LogP contribution < -0.4 is 5.32 Å². The molecule has 19 heavy (non-hydrogen) atoms. The maximum absolute atomic E-state index is 11.7. The molecule has 0 saturated carbocycles. The maximum Gasteiger partial charge on any atom is 0.325 e. The normalized spacial score (nSPS) is 17.3. The summed E-state index contributed by atoms with van der Waals surface area (Å²) in [4.78, 5) is 24.8. The lowest BCUT2D eigenvalue weighted by Crippen LogP contribution is -2.43. The molecule has 0 atom stereocenters. The van der Waals surface area contributed by atoms with E-state index in [1.807, 2.05) is 6.07 Å². The zero-order valence-electron chi connectivity index (χ0n) is 10.5. The molecule has 1 aliphatic heterocycles. The Morgan fingerprint density at radius 1 is 1.42 bits per heavy atom. The standard InChI is InChI=1S/C13H12ClN3O2/c1-13(2)11(18)16-12(19)17(13)7-9-4-3-8(6-15)5-10(9)14/h3-5H,7H2,1-2H3,(H,16,18,19). The SMILES string of the molecule is CC1(C)C(=O)NC(=O)N1Cc1ccc(C#N)cc1Cl. The Labute approximate surface area is 115 Å². The van der Waals surface area contributed by atoms with Crippen molar-refractivity contribution in [1.82, 2.24) is 10.2 Å². The molecule has 0 spiro atoms. The van der Waals surface area contributed by atoms with Crippen LogP contribution >= 0.6 is 11.6 Å². The van der Waals surface area contributed by atoms with Crippen LogP contribution in [0.25, 0.3) is 0 Å². The largest absolute Gasteiger partial charge is 0.325 e. The molecule has 0 radical (unpaired) electrons. The summed E-state index contributed by atoms with van der Waals surface area (Å²) in [5.74, 6) is -0.331. The first-order valence-corrected chi connectivity index (χ1v) is 6.05. The minimum Gasteiger partial charge on any atom is -0.306 e. The maximum atomic E-state index is 11.7. The molecule has 5 nitrogen and oxygen atoms in total. The highest BCUT2D eigenvalue weighted by atomic mass is 35.5. The summed E-state index contributed by atoms with van der Waals surface area (Å²) in [5, 5.41) is 11.4. The third kappa shape index (κ3) is 2.27.